The van der Waals surface area contributed by atoms with E-state index in [-0.39, 0.29) is 30.6 Å². The Kier molecular flexibility index (Phi) is 6.34. The molecule has 0 unspecified atom stereocenters. The van der Waals surface area contributed by atoms with E-state index in [1.807, 2.05) is 12.1 Å². The van der Waals surface area contributed by atoms with Gasteiger partial charge in [0.05, 0.1) is 21.3 Å². The summed E-state index contributed by atoms with van der Waals surface area (Å²) in [7, 11) is 0. The number of amides is 3. The van der Waals surface area contributed by atoms with Crippen molar-refractivity contribution in [2.24, 2.45) is 0 Å². The molecule has 7 nitrogen and oxygen atoms in total. The molecule has 2 aliphatic heterocycles. The molecule has 0 radical (unpaired) electrons. The Balaban J connectivity index is 1.30. The molecular formula is C22H22Cl2N4O3. The van der Waals surface area contributed by atoms with Crippen molar-refractivity contribution in [3.05, 3.63) is 58.1 Å². The lowest BCUT2D eigenvalue weighted by Crippen LogP contribution is -2.49. The second-order valence-corrected chi connectivity index (χ2v) is 8.38. The first kappa shape index (κ1) is 21.5. The molecule has 2 aromatic carbocycles. The van der Waals surface area contributed by atoms with Gasteiger partial charge in [-0.05, 0) is 36.8 Å². The Morgan fingerprint density at radius 3 is 2.48 bits per heavy atom. The molecule has 0 saturated carbocycles. The summed E-state index contributed by atoms with van der Waals surface area (Å²) in [5.74, 6) is -0.658. The highest BCUT2D eigenvalue weighted by Crippen LogP contribution is 2.28. The van der Waals surface area contributed by atoms with E-state index in [9.17, 15) is 14.4 Å². The van der Waals surface area contributed by atoms with Crippen molar-refractivity contribution in [2.45, 2.75) is 18.9 Å². The number of para-hydroxylation sites is 1. The summed E-state index contributed by atoms with van der Waals surface area (Å²) in [6.07, 6.45) is 0.429. The van der Waals surface area contributed by atoms with Crippen molar-refractivity contribution in [2.75, 3.05) is 36.4 Å². The topological polar surface area (TPSA) is 81.8 Å². The van der Waals surface area contributed by atoms with Crippen molar-refractivity contribution >= 4 is 52.3 Å². The third kappa shape index (κ3) is 4.78. The minimum atomic E-state index is -0.749. The third-order valence-corrected chi connectivity index (χ3v) is 6.34. The minimum Gasteiger partial charge on any atom is -0.368 e. The van der Waals surface area contributed by atoms with Gasteiger partial charge < -0.3 is 20.4 Å². The van der Waals surface area contributed by atoms with Crippen molar-refractivity contribution in [3.63, 3.8) is 0 Å². The highest BCUT2D eigenvalue weighted by atomic mass is 35.5. The van der Waals surface area contributed by atoms with E-state index in [0.29, 0.717) is 47.5 Å². The van der Waals surface area contributed by atoms with Crippen LogP contribution in [0.15, 0.2) is 42.5 Å². The fraction of sp³-hybridized carbons (Fsp3) is 0.318. The Labute approximate surface area is 190 Å². The highest BCUT2D eigenvalue weighted by molar-refractivity contribution is 6.42. The normalized spacial score (nSPS) is 18.7. The number of carbonyl (C=O) groups is 3. The summed E-state index contributed by atoms with van der Waals surface area (Å²) in [6, 6.07) is 11.6. The monoisotopic (exact) mass is 460 g/mol. The number of nitrogens with zero attached hydrogens (tertiary/aromatic N) is 2. The maximum absolute atomic E-state index is 12.7. The Morgan fingerprint density at radius 2 is 1.74 bits per heavy atom. The number of hydrogen-bond acceptors (Lipinski definition) is 4. The lowest BCUT2D eigenvalue weighted by molar-refractivity contribution is -0.131. The van der Waals surface area contributed by atoms with E-state index in [1.165, 1.54) is 0 Å². The summed E-state index contributed by atoms with van der Waals surface area (Å²) in [5.41, 5.74) is 1.87. The first-order valence-electron chi connectivity index (χ1n) is 10.1. The van der Waals surface area contributed by atoms with Gasteiger partial charge >= 0.3 is 0 Å². The fourth-order valence-corrected chi connectivity index (χ4v) is 4.13. The van der Waals surface area contributed by atoms with Gasteiger partial charge in [-0.3, -0.25) is 14.4 Å². The number of rotatable bonds is 4. The van der Waals surface area contributed by atoms with Gasteiger partial charge in [-0.1, -0.05) is 35.3 Å². The molecular weight excluding hydrogens is 439 g/mol. The molecule has 2 heterocycles. The molecule has 2 N–H and O–H groups in total. The molecule has 0 bridgehead atoms. The molecule has 4 rings (SSSR count). The van der Waals surface area contributed by atoms with E-state index in [2.05, 4.69) is 15.5 Å². The van der Waals surface area contributed by atoms with Crippen LogP contribution < -0.4 is 15.5 Å². The number of halogens is 2. The van der Waals surface area contributed by atoms with Crippen LogP contribution in [0.4, 0.5) is 11.4 Å². The summed E-state index contributed by atoms with van der Waals surface area (Å²) in [6.45, 7) is 2.51. The molecule has 162 valence electrons. The van der Waals surface area contributed by atoms with Crippen LogP contribution in [0.25, 0.3) is 0 Å². The largest absolute Gasteiger partial charge is 0.368 e. The number of anilines is 2. The maximum Gasteiger partial charge on any atom is 0.254 e. The molecule has 2 aliphatic rings. The summed E-state index contributed by atoms with van der Waals surface area (Å²) in [4.78, 5) is 41.5. The van der Waals surface area contributed by atoms with Gasteiger partial charge in [-0.15, -0.1) is 0 Å². The van der Waals surface area contributed by atoms with Gasteiger partial charge in [-0.25, -0.2) is 0 Å². The van der Waals surface area contributed by atoms with E-state index < -0.39 is 6.04 Å². The second-order valence-electron chi connectivity index (χ2n) is 7.57. The Morgan fingerprint density at radius 1 is 1.00 bits per heavy atom. The lowest BCUT2D eigenvalue weighted by atomic mass is 10.1. The molecule has 31 heavy (non-hydrogen) atoms. The number of nitrogens with one attached hydrogen (secondary N) is 2. The first-order valence-corrected chi connectivity index (χ1v) is 10.9. The molecule has 9 heteroatoms. The molecule has 0 aliphatic carbocycles. The number of fused-ring (bicyclic) bond motifs is 1. The van der Waals surface area contributed by atoms with Crippen molar-refractivity contribution in [1.29, 1.82) is 0 Å². The zero-order valence-electron chi connectivity index (χ0n) is 16.7. The van der Waals surface area contributed by atoms with E-state index in [1.54, 1.807) is 35.2 Å². The number of piperazine rings is 1. The fourth-order valence-electron chi connectivity index (χ4n) is 3.84. The lowest BCUT2D eigenvalue weighted by Gasteiger charge is -2.36. The number of carbonyl (C=O) groups excluding carboxylic acids is 3. The molecule has 2 aromatic rings. The molecule has 0 spiro atoms. The van der Waals surface area contributed by atoms with Crippen molar-refractivity contribution in [1.82, 2.24) is 10.2 Å². The summed E-state index contributed by atoms with van der Waals surface area (Å²) in [5, 5.41) is 6.51. The van der Waals surface area contributed by atoms with Gasteiger partial charge in [0.25, 0.3) is 5.91 Å². The number of hydrogen-bond donors (Lipinski definition) is 2. The van der Waals surface area contributed by atoms with Crippen LogP contribution in [0.2, 0.25) is 10.0 Å². The van der Waals surface area contributed by atoms with E-state index in [4.69, 9.17) is 23.2 Å². The first-order chi connectivity index (χ1) is 14.9. The standard InChI is InChI=1S/C22H22Cl2N4O3/c23-16-6-5-14(13-17(16)24)27-9-11-28(12-10-27)20(29)8-7-19-22(31)25-18-4-2-1-3-15(18)21(30)26-19/h1-6,13,19H,7-12H2,(H,25,31)(H,26,30)/t19-/m1/s1. The predicted octanol–water partition coefficient (Wildman–Crippen LogP) is 3.17. The van der Waals surface area contributed by atoms with Crippen LogP contribution in [0.1, 0.15) is 23.2 Å². The number of benzene rings is 2. The highest BCUT2D eigenvalue weighted by Gasteiger charge is 2.29. The van der Waals surface area contributed by atoms with Crippen LogP contribution in [-0.2, 0) is 9.59 Å². The molecule has 1 fully saturated rings. The van der Waals surface area contributed by atoms with Crippen molar-refractivity contribution < 1.29 is 14.4 Å². The quantitative estimate of drug-likeness (QED) is 0.733. The van der Waals surface area contributed by atoms with E-state index >= 15 is 0 Å². The average molecular weight is 461 g/mol. The summed E-state index contributed by atoms with van der Waals surface area (Å²) >= 11 is 12.1. The van der Waals surface area contributed by atoms with Crippen LogP contribution in [-0.4, -0.2) is 54.8 Å². The van der Waals surface area contributed by atoms with Gasteiger partial charge in [0.1, 0.15) is 6.04 Å². The zero-order chi connectivity index (χ0) is 22.0. The smallest absolute Gasteiger partial charge is 0.254 e. The SMILES string of the molecule is O=C1N[C@H](CCC(=O)N2CCN(c3ccc(Cl)c(Cl)c3)CC2)C(=O)Nc2ccccc21. The Bertz CT molecular complexity index is 1020. The zero-order valence-corrected chi connectivity index (χ0v) is 18.2. The maximum atomic E-state index is 12.7. The van der Waals surface area contributed by atoms with Gasteiger partial charge in [0.15, 0.2) is 0 Å². The Hall–Kier alpha value is -2.77. The molecule has 3 amide bonds. The van der Waals surface area contributed by atoms with Crippen LogP contribution >= 0.6 is 23.2 Å². The van der Waals surface area contributed by atoms with Gasteiger partial charge in [0.2, 0.25) is 11.8 Å². The van der Waals surface area contributed by atoms with Crippen LogP contribution in [0.5, 0.6) is 0 Å². The van der Waals surface area contributed by atoms with Gasteiger partial charge in [-0.2, -0.15) is 0 Å². The summed E-state index contributed by atoms with van der Waals surface area (Å²) < 4.78 is 0. The van der Waals surface area contributed by atoms with Crippen LogP contribution in [0, 0.1) is 0 Å². The van der Waals surface area contributed by atoms with Gasteiger partial charge in [0, 0.05) is 38.3 Å². The van der Waals surface area contributed by atoms with Crippen LogP contribution in [0.3, 0.4) is 0 Å². The molecule has 1 atom stereocenters. The third-order valence-electron chi connectivity index (χ3n) is 5.60. The van der Waals surface area contributed by atoms with Crippen molar-refractivity contribution in [3.8, 4) is 0 Å². The van der Waals surface area contributed by atoms with E-state index in [0.717, 1.165) is 5.69 Å². The minimum absolute atomic E-state index is 0.0300. The second kappa shape index (κ2) is 9.16. The molecule has 0 aromatic heterocycles. The predicted molar refractivity (Wildman–Crippen MR) is 121 cm³/mol. The molecule has 1 saturated heterocycles. The average Bonchev–Trinajstić information content (AvgIpc) is 2.90.